The second-order valence-electron chi connectivity index (χ2n) is 9.90. The average molecular weight is 495 g/mol. The molecule has 0 atom stereocenters. The number of halogens is 1. The van der Waals surface area contributed by atoms with Gasteiger partial charge in [0.1, 0.15) is 17.1 Å². The summed E-state index contributed by atoms with van der Waals surface area (Å²) in [6.45, 7) is 10.2. The molecule has 0 unspecified atom stereocenters. The lowest BCUT2D eigenvalue weighted by atomic mass is 10.1. The first-order valence-corrected chi connectivity index (χ1v) is 11.9. The molecule has 4 aromatic rings. The van der Waals surface area contributed by atoms with Crippen molar-refractivity contribution in [3.8, 4) is 11.5 Å². The van der Waals surface area contributed by atoms with Crippen LogP contribution in [-0.2, 0) is 4.74 Å². The average Bonchev–Trinajstić information content (AvgIpc) is 3.37. The number of fused-ring (bicyclic) bond motifs is 2. The van der Waals surface area contributed by atoms with Gasteiger partial charge in [-0.05, 0) is 77.4 Å². The number of aromatic amines is 1. The Kier molecular flexibility index (Phi) is 6.96. The predicted molar refractivity (Wildman–Crippen MR) is 136 cm³/mol. The van der Waals surface area contributed by atoms with Gasteiger partial charge >= 0.3 is 6.09 Å². The lowest BCUT2D eigenvalue weighted by molar-refractivity contribution is 0.0527. The number of carbonyl (C=O) groups is 2. The second-order valence-corrected chi connectivity index (χ2v) is 9.90. The van der Waals surface area contributed by atoms with E-state index in [2.05, 4.69) is 20.8 Å². The van der Waals surface area contributed by atoms with Crippen LogP contribution in [0.3, 0.4) is 0 Å². The van der Waals surface area contributed by atoms with Crippen molar-refractivity contribution in [3.63, 3.8) is 0 Å². The minimum atomic E-state index is -0.557. The largest absolute Gasteiger partial charge is 0.444 e. The van der Waals surface area contributed by atoms with Gasteiger partial charge in [-0.1, -0.05) is 0 Å². The van der Waals surface area contributed by atoms with Gasteiger partial charge in [0.05, 0.1) is 16.6 Å². The highest BCUT2D eigenvalue weighted by molar-refractivity contribution is 6.01. The predicted octanol–water partition coefficient (Wildman–Crippen LogP) is 4.94. The molecule has 0 aliphatic heterocycles. The Hall–Kier alpha value is -3.95. The minimum Gasteiger partial charge on any atom is -0.444 e. The van der Waals surface area contributed by atoms with Crippen LogP contribution in [0.4, 0.5) is 9.18 Å². The van der Waals surface area contributed by atoms with E-state index in [4.69, 9.17) is 9.72 Å². The van der Waals surface area contributed by atoms with Gasteiger partial charge in [0.2, 0.25) is 0 Å². The van der Waals surface area contributed by atoms with Crippen molar-refractivity contribution in [3.05, 3.63) is 47.8 Å². The minimum absolute atomic E-state index is 0.0133. The fourth-order valence-electron chi connectivity index (χ4n) is 3.98. The van der Waals surface area contributed by atoms with Gasteiger partial charge < -0.3 is 19.9 Å². The molecule has 0 aliphatic rings. The monoisotopic (exact) mass is 494 g/mol. The molecule has 0 radical (unpaired) electrons. The van der Waals surface area contributed by atoms with Crippen molar-refractivity contribution < 1.29 is 18.7 Å². The van der Waals surface area contributed by atoms with Crippen molar-refractivity contribution in [1.82, 2.24) is 30.4 Å². The molecule has 2 aromatic heterocycles. The van der Waals surface area contributed by atoms with Crippen molar-refractivity contribution in [2.75, 3.05) is 13.1 Å². The molecule has 0 bridgehead atoms. The highest BCUT2D eigenvalue weighted by Crippen LogP contribution is 2.32. The normalized spacial score (nSPS) is 11.9. The molecule has 2 aromatic carbocycles. The molecule has 9 nitrogen and oxygen atoms in total. The van der Waals surface area contributed by atoms with Gasteiger partial charge in [-0.2, -0.15) is 5.10 Å². The number of carbonyl (C=O) groups excluding carboxylic acids is 2. The van der Waals surface area contributed by atoms with E-state index in [9.17, 15) is 14.0 Å². The van der Waals surface area contributed by atoms with Crippen LogP contribution in [0.5, 0.6) is 0 Å². The molecule has 0 spiro atoms. The Labute approximate surface area is 208 Å². The van der Waals surface area contributed by atoms with Gasteiger partial charge in [-0.3, -0.25) is 9.89 Å². The van der Waals surface area contributed by atoms with Crippen LogP contribution in [-0.4, -0.2) is 50.4 Å². The first-order valence-electron chi connectivity index (χ1n) is 11.9. The molecule has 10 heteroatoms. The third kappa shape index (κ3) is 5.48. The number of hydrogen-bond donors (Lipinski definition) is 3. The van der Waals surface area contributed by atoms with Gasteiger partial charge in [-0.25, -0.2) is 14.2 Å². The van der Waals surface area contributed by atoms with E-state index >= 15 is 0 Å². The number of benzene rings is 2. The van der Waals surface area contributed by atoms with Gasteiger partial charge in [0.25, 0.3) is 5.91 Å². The molecule has 4 rings (SSSR count). The number of rotatable bonds is 7. The summed E-state index contributed by atoms with van der Waals surface area (Å²) in [5, 5.41) is 13.8. The third-order valence-corrected chi connectivity index (χ3v) is 5.51. The van der Waals surface area contributed by atoms with Crippen molar-refractivity contribution in [2.45, 2.75) is 52.7 Å². The number of aromatic nitrogens is 4. The van der Waals surface area contributed by atoms with Gasteiger partial charge in [0.15, 0.2) is 5.82 Å². The van der Waals surface area contributed by atoms with Crippen LogP contribution in [0.1, 0.15) is 57.4 Å². The van der Waals surface area contributed by atoms with Crippen LogP contribution in [0.25, 0.3) is 33.5 Å². The lowest BCUT2D eigenvalue weighted by Crippen LogP contribution is -2.34. The zero-order valence-corrected chi connectivity index (χ0v) is 21.1. The summed E-state index contributed by atoms with van der Waals surface area (Å²) in [6, 6.07) is 9.81. The smallest absolute Gasteiger partial charge is 0.407 e. The molecule has 0 saturated carbocycles. The first-order chi connectivity index (χ1) is 17.0. The fourth-order valence-corrected chi connectivity index (χ4v) is 3.98. The molecular formula is C26H31FN6O3. The SMILES string of the molecule is CC(C)n1c(-c2n[nH]c3ccc(C(=O)NCCCNC(=O)OC(C)(C)C)cc23)nc2ccc(F)cc21. The summed E-state index contributed by atoms with van der Waals surface area (Å²) in [4.78, 5) is 29.2. The molecule has 2 amide bonds. The van der Waals surface area contributed by atoms with Gasteiger partial charge in [-0.15, -0.1) is 0 Å². The van der Waals surface area contributed by atoms with E-state index in [0.717, 1.165) is 10.9 Å². The van der Waals surface area contributed by atoms with Gasteiger partial charge in [0, 0.05) is 30.1 Å². The highest BCUT2D eigenvalue weighted by Gasteiger charge is 2.21. The Morgan fingerprint density at radius 2 is 1.86 bits per heavy atom. The van der Waals surface area contributed by atoms with Crippen LogP contribution in [0.2, 0.25) is 0 Å². The number of alkyl carbamates (subject to hydrolysis) is 1. The number of amides is 2. The summed E-state index contributed by atoms with van der Waals surface area (Å²) >= 11 is 0. The van der Waals surface area contributed by atoms with Crippen LogP contribution < -0.4 is 10.6 Å². The van der Waals surface area contributed by atoms with E-state index < -0.39 is 11.7 Å². The molecule has 3 N–H and O–H groups in total. The molecule has 0 aliphatic carbocycles. The van der Waals surface area contributed by atoms with E-state index in [0.29, 0.717) is 47.6 Å². The second kappa shape index (κ2) is 9.96. The summed E-state index contributed by atoms with van der Waals surface area (Å²) < 4.78 is 21.1. The topological polar surface area (TPSA) is 114 Å². The van der Waals surface area contributed by atoms with Crippen molar-refractivity contribution >= 4 is 33.9 Å². The molecule has 2 heterocycles. The molecule has 0 saturated heterocycles. The quantitative estimate of drug-likeness (QED) is 0.315. The summed E-state index contributed by atoms with van der Waals surface area (Å²) in [5.41, 5.74) is 2.62. The lowest BCUT2D eigenvalue weighted by Gasteiger charge is -2.19. The number of H-pyrrole nitrogens is 1. The summed E-state index contributed by atoms with van der Waals surface area (Å²) in [5.74, 6) is 0.0337. The molecular weight excluding hydrogens is 463 g/mol. The number of imidazole rings is 1. The highest BCUT2D eigenvalue weighted by atomic mass is 19.1. The van der Waals surface area contributed by atoms with Crippen LogP contribution >= 0.6 is 0 Å². The standard InChI is InChI=1S/C26H31FN6O3/c1-15(2)33-21-14-17(27)8-10-20(21)30-23(33)22-18-13-16(7-9-19(18)31-32-22)24(34)28-11-6-12-29-25(35)36-26(3,4)5/h7-10,13-15H,6,11-12H2,1-5H3,(H,28,34)(H,29,35)(H,31,32). The maximum absolute atomic E-state index is 13.9. The Morgan fingerprint density at radius 3 is 2.58 bits per heavy atom. The molecule has 0 fully saturated rings. The maximum atomic E-state index is 13.9. The summed E-state index contributed by atoms with van der Waals surface area (Å²) in [7, 11) is 0. The van der Waals surface area contributed by atoms with E-state index in [1.807, 2.05) is 18.4 Å². The van der Waals surface area contributed by atoms with E-state index in [1.165, 1.54) is 12.1 Å². The van der Waals surface area contributed by atoms with Crippen molar-refractivity contribution in [2.24, 2.45) is 0 Å². The zero-order valence-electron chi connectivity index (χ0n) is 21.1. The number of nitrogens with one attached hydrogen (secondary N) is 3. The number of hydrogen-bond acceptors (Lipinski definition) is 5. The van der Waals surface area contributed by atoms with Crippen LogP contribution in [0, 0.1) is 5.82 Å². The van der Waals surface area contributed by atoms with Crippen LogP contribution in [0.15, 0.2) is 36.4 Å². The zero-order chi connectivity index (χ0) is 26.0. The fraction of sp³-hybridized carbons (Fsp3) is 0.385. The maximum Gasteiger partial charge on any atom is 0.407 e. The summed E-state index contributed by atoms with van der Waals surface area (Å²) in [6.07, 6.45) is 0.0704. The Bertz CT molecular complexity index is 1420. The van der Waals surface area contributed by atoms with E-state index in [1.54, 1.807) is 45.0 Å². The number of ether oxygens (including phenoxy) is 1. The first kappa shape index (κ1) is 25.2. The molecule has 190 valence electrons. The Balaban J connectivity index is 1.50. The molecule has 36 heavy (non-hydrogen) atoms. The number of nitrogens with zero attached hydrogens (tertiary/aromatic N) is 3. The Morgan fingerprint density at radius 1 is 1.11 bits per heavy atom. The third-order valence-electron chi connectivity index (χ3n) is 5.51. The van der Waals surface area contributed by atoms with Crippen molar-refractivity contribution in [1.29, 1.82) is 0 Å². The van der Waals surface area contributed by atoms with E-state index in [-0.39, 0.29) is 17.8 Å².